The van der Waals surface area contributed by atoms with Gasteiger partial charge in [0.05, 0.1) is 5.92 Å². The molecule has 272 valence electrons. The minimum atomic E-state index is -2.13. The van der Waals surface area contributed by atoms with Crippen LogP contribution >= 0.6 is 0 Å². The lowest BCUT2D eigenvalue weighted by atomic mass is 9.76. The number of Topliss-reactive ketones (excluding diaryl/α,β-unsaturated/α-hetero) is 2. The number of allylic oxidation sites excluding steroid dienone is 4. The van der Waals surface area contributed by atoms with Crippen LogP contribution in [0.3, 0.4) is 0 Å². The zero-order valence-electron chi connectivity index (χ0n) is 30.7. The molecule has 47 heavy (non-hydrogen) atoms. The summed E-state index contributed by atoms with van der Waals surface area (Å²) >= 11 is 0. The van der Waals surface area contributed by atoms with E-state index in [4.69, 9.17) is 0 Å². The second kappa shape index (κ2) is 29.2. The van der Waals surface area contributed by atoms with Gasteiger partial charge in [0.2, 0.25) is 5.54 Å². The van der Waals surface area contributed by atoms with Gasteiger partial charge in [0.25, 0.3) is 0 Å². The molecule has 0 aromatic carbocycles. The molecule has 1 heterocycles. The summed E-state index contributed by atoms with van der Waals surface area (Å²) in [5.41, 5.74) is -2.13. The van der Waals surface area contributed by atoms with E-state index in [0.29, 0.717) is 17.9 Å². The van der Waals surface area contributed by atoms with Crippen molar-refractivity contribution in [1.29, 1.82) is 0 Å². The first kappa shape index (κ1) is 43.2. The molecule has 0 amide bonds. The van der Waals surface area contributed by atoms with Crippen LogP contribution in [-0.4, -0.2) is 45.0 Å². The average Bonchev–Trinajstić information content (AvgIpc) is 3.42. The van der Waals surface area contributed by atoms with Crippen LogP contribution in [-0.2, 0) is 14.4 Å². The van der Waals surface area contributed by atoms with Crippen LogP contribution < -0.4 is 0 Å². The molecule has 1 fully saturated rings. The maximum Gasteiger partial charge on any atom is 0.334 e. The first-order chi connectivity index (χ1) is 22.9. The number of nitrogens with zero attached hydrogens (tertiary/aromatic N) is 1. The summed E-state index contributed by atoms with van der Waals surface area (Å²) in [6.07, 6.45) is 39.8. The van der Waals surface area contributed by atoms with Crippen molar-refractivity contribution in [3.05, 3.63) is 24.3 Å². The molecular formula is C41H73NO5. The number of hydrogen-bond donors (Lipinski definition) is 2. The molecule has 0 radical (unpaired) electrons. The van der Waals surface area contributed by atoms with Crippen LogP contribution in [0.25, 0.3) is 0 Å². The molecule has 0 saturated carbocycles. The van der Waals surface area contributed by atoms with Gasteiger partial charge in [-0.2, -0.15) is 5.06 Å². The van der Waals surface area contributed by atoms with Crippen LogP contribution in [0.5, 0.6) is 0 Å². The fraction of sp³-hybridized carbons (Fsp3) is 0.829. The lowest BCUT2D eigenvalue weighted by molar-refractivity contribution is -0.194. The minimum absolute atomic E-state index is 0.0349. The van der Waals surface area contributed by atoms with Crippen LogP contribution in [0.1, 0.15) is 200 Å². The lowest BCUT2D eigenvalue weighted by Crippen LogP contribution is -2.60. The van der Waals surface area contributed by atoms with E-state index >= 15 is 0 Å². The van der Waals surface area contributed by atoms with E-state index in [1.165, 1.54) is 89.9 Å². The highest BCUT2D eigenvalue weighted by atomic mass is 16.5. The van der Waals surface area contributed by atoms with Gasteiger partial charge >= 0.3 is 5.97 Å². The molecule has 1 rings (SSSR count). The lowest BCUT2D eigenvalue weighted by Gasteiger charge is -2.33. The molecule has 1 aliphatic rings. The molecular weight excluding hydrogens is 586 g/mol. The van der Waals surface area contributed by atoms with Gasteiger partial charge < -0.3 is 10.3 Å². The Morgan fingerprint density at radius 3 is 1.34 bits per heavy atom. The number of carboxylic acid groups (broad SMARTS) is 1. The monoisotopic (exact) mass is 660 g/mol. The number of unbranched alkanes of at least 4 members (excludes halogenated alkanes) is 22. The molecule has 1 saturated heterocycles. The van der Waals surface area contributed by atoms with Crippen molar-refractivity contribution in [2.75, 3.05) is 6.54 Å². The topological polar surface area (TPSA) is 94.9 Å². The number of ketones is 2. The van der Waals surface area contributed by atoms with Crippen molar-refractivity contribution in [2.24, 2.45) is 5.92 Å². The summed E-state index contributed by atoms with van der Waals surface area (Å²) in [4.78, 5) is 39.0. The first-order valence-electron chi connectivity index (χ1n) is 20.0. The van der Waals surface area contributed by atoms with E-state index in [-0.39, 0.29) is 31.6 Å². The predicted octanol–water partition coefficient (Wildman–Crippen LogP) is 11.7. The second-order valence-electron chi connectivity index (χ2n) is 14.1. The van der Waals surface area contributed by atoms with Crippen LogP contribution in [0.4, 0.5) is 0 Å². The maximum absolute atomic E-state index is 13.3. The zero-order valence-corrected chi connectivity index (χ0v) is 30.7. The quantitative estimate of drug-likeness (QED) is 0.0413. The van der Waals surface area contributed by atoms with E-state index in [1.807, 2.05) is 0 Å². The summed E-state index contributed by atoms with van der Waals surface area (Å²) in [6.45, 7) is 4.53. The van der Waals surface area contributed by atoms with Gasteiger partial charge in [-0.15, -0.1) is 0 Å². The van der Waals surface area contributed by atoms with Gasteiger partial charge in [0.1, 0.15) is 5.78 Å². The van der Waals surface area contributed by atoms with E-state index < -0.39 is 23.2 Å². The van der Waals surface area contributed by atoms with Crippen molar-refractivity contribution in [3.8, 4) is 0 Å². The van der Waals surface area contributed by atoms with E-state index in [0.717, 1.165) is 64.2 Å². The van der Waals surface area contributed by atoms with Crippen molar-refractivity contribution in [3.63, 3.8) is 0 Å². The van der Waals surface area contributed by atoms with Gasteiger partial charge in [0, 0.05) is 19.4 Å². The molecule has 6 nitrogen and oxygen atoms in total. The Balaban J connectivity index is 2.25. The molecule has 2 atom stereocenters. The van der Waals surface area contributed by atoms with E-state index in [1.54, 1.807) is 0 Å². The Kier molecular flexibility index (Phi) is 26.8. The SMILES string of the molecule is CCCCCCCC/C=C\CCCCCCCC(=O)C1CCN(O)[C@@]1(C(=O)O)C(=O)CCCCCCC/C=C\CCCCCCCC. The molecule has 0 aliphatic carbocycles. The van der Waals surface area contributed by atoms with Crippen molar-refractivity contribution < 1.29 is 24.7 Å². The highest BCUT2D eigenvalue weighted by Gasteiger charge is 2.61. The molecule has 0 aromatic rings. The van der Waals surface area contributed by atoms with Crippen LogP contribution in [0.2, 0.25) is 0 Å². The van der Waals surface area contributed by atoms with Gasteiger partial charge in [-0.3, -0.25) is 9.59 Å². The van der Waals surface area contributed by atoms with Gasteiger partial charge in [-0.05, 0) is 70.6 Å². The van der Waals surface area contributed by atoms with Crippen molar-refractivity contribution in [2.45, 2.75) is 206 Å². The van der Waals surface area contributed by atoms with Crippen molar-refractivity contribution >= 4 is 17.5 Å². The fourth-order valence-electron chi connectivity index (χ4n) is 7.02. The highest BCUT2D eigenvalue weighted by molar-refractivity contribution is 6.12. The highest BCUT2D eigenvalue weighted by Crippen LogP contribution is 2.38. The second-order valence-corrected chi connectivity index (χ2v) is 14.1. The Hall–Kier alpha value is -1.79. The summed E-state index contributed by atoms with van der Waals surface area (Å²) in [5.74, 6) is -3.08. The normalized spacial score (nSPS) is 18.6. The summed E-state index contributed by atoms with van der Waals surface area (Å²) in [6, 6.07) is 0. The molecule has 0 spiro atoms. The van der Waals surface area contributed by atoms with E-state index in [2.05, 4.69) is 38.2 Å². The Labute approximate surface area is 289 Å². The summed E-state index contributed by atoms with van der Waals surface area (Å²) < 4.78 is 0. The molecule has 0 bridgehead atoms. The van der Waals surface area contributed by atoms with E-state index in [9.17, 15) is 24.7 Å². The molecule has 1 unspecified atom stereocenters. The largest absolute Gasteiger partial charge is 0.479 e. The summed E-state index contributed by atoms with van der Waals surface area (Å²) in [5, 5.41) is 21.4. The summed E-state index contributed by atoms with van der Waals surface area (Å²) in [7, 11) is 0. The smallest absolute Gasteiger partial charge is 0.334 e. The third-order valence-electron chi connectivity index (χ3n) is 10.0. The predicted molar refractivity (Wildman–Crippen MR) is 196 cm³/mol. The Morgan fingerprint density at radius 1 is 0.574 bits per heavy atom. The first-order valence-corrected chi connectivity index (χ1v) is 20.0. The van der Waals surface area contributed by atoms with Crippen molar-refractivity contribution in [1.82, 2.24) is 5.06 Å². The third kappa shape index (κ3) is 18.5. The molecule has 2 N–H and O–H groups in total. The number of carbonyl (C=O) groups excluding carboxylic acids is 2. The standard InChI is InChI=1S/C41H73NO5/c1-3-5-7-9-11-13-15-17-19-21-23-25-27-29-31-33-38(43)37-35-36-42(47)41(37,40(45)46)39(44)34-32-30-28-26-24-22-20-18-16-14-12-10-8-6-4-2/h17-20,37,47H,3-16,21-36H2,1-2H3,(H,45,46)/b19-17-,20-18-/t37?,41-/m1/s1. The average molecular weight is 660 g/mol. The molecule has 0 aromatic heterocycles. The fourth-order valence-corrected chi connectivity index (χ4v) is 7.02. The third-order valence-corrected chi connectivity index (χ3v) is 10.0. The minimum Gasteiger partial charge on any atom is -0.479 e. The zero-order chi connectivity index (χ0) is 34.4. The maximum atomic E-state index is 13.3. The van der Waals surface area contributed by atoms with Crippen LogP contribution in [0, 0.1) is 5.92 Å². The van der Waals surface area contributed by atoms with Gasteiger partial charge in [0.15, 0.2) is 5.78 Å². The molecule has 6 heteroatoms. The number of carbonyl (C=O) groups is 3. The number of hydroxylamine groups is 2. The Bertz CT molecular complexity index is 868. The molecule has 1 aliphatic heterocycles. The number of carboxylic acids is 1. The number of hydrogen-bond acceptors (Lipinski definition) is 5. The Morgan fingerprint density at radius 2 is 0.936 bits per heavy atom. The van der Waals surface area contributed by atoms with Crippen LogP contribution in [0.15, 0.2) is 24.3 Å². The number of aliphatic carboxylic acids is 1. The van der Waals surface area contributed by atoms with Gasteiger partial charge in [-0.1, -0.05) is 141 Å². The van der Waals surface area contributed by atoms with Gasteiger partial charge in [-0.25, -0.2) is 4.79 Å². The number of rotatable bonds is 33.